The molecule has 1 heterocycles. The molecule has 3 aliphatic rings. The SMILES string of the molecule is CC(=O)O[C@]12CC[C@H](N(CC(C)C)C(=O)c3ccccc3)C[C@]1(c1cccc(O)c1)CCN(CC1CC1)C2. The van der Waals surface area contributed by atoms with Gasteiger partial charge in [-0.3, -0.25) is 14.5 Å². The van der Waals surface area contributed by atoms with Crippen molar-refractivity contribution in [3.63, 3.8) is 0 Å². The number of hydrogen-bond acceptors (Lipinski definition) is 5. The Morgan fingerprint density at radius 1 is 1.08 bits per heavy atom. The van der Waals surface area contributed by atoms with Crippen LogP contribution in [0.4, 0.5) is 0 Å². The Morgan fingerprint density at radius 2 is 1.84 bits per heavy atom. The number of ether oxygens (including phenoxy) is 1. The molecule has 1 N–H and O–H groups in total. The smallest absolute Gasteiger partial charge is 0.303 e. The molecule has 5 rings (SSSR count). The number of phenols is 1. The van der Waals surface area contributed by atoms with Crippen molar-refractivity contribution in [2.24, 2.45) is 11.8 Å². The number of likely N-dealkylation sites (tertiary alicyclic amines) is 1. The molecular formula is C32H42N2O4. The first-order chi connectivity index (χ1) is 18.2. The zero-order valence-corrected chi connectivity index (χ0v) is 23.1. The summed E-state index contributed by atoms with van der Waals surface area (Å²) in [5.41, 5.74) is 0.518. The number of benzene rings is 2. The fourth-order valence-corrected chi connectivity index (χ4v) is 7.09. The summed E-state index contributed by atoms with van der Waals surface area (Å²) in [7, 11) is 0. The average molecular weight is 519 g/mol. The molecular weight excluding hydrogens is 476 g/mol. The van der Waals surface area contributed by atoms with E-state index in [4.69, 9.17) is 4.74 Å². The van der Waals surface area contributed by atoms with Crippen LogP contribution in [0.3, 0.4) is 0 Å². The van der Waals surface area contributed by atoms with E-state index in [2.05, 4.69) is 29.7 Å². The topological polar surface area (TPSA) is 70.1 Å². The third kappa shape index (κ3) is 5.33. The van der Waals surface area contributed by atoms with Crippen LogP contribution in [-0.4, -0.2) is 64.6 Å². The maximum absolute atomic E-state index is 13.9. The molecule has 3 atom stereocenters. The van der Waals surface area contributed by atoms with Crippen LogP contribution in [0.15, 0.2) is 54.6 Å². The van der Waals surface area contributed by atoms with Gasteiger partial charge in [-0.2, -0.15) is 0 Å². The van der Waals surface area contributed by atoms with E-state index < -0.39 is 11.0 Å². The molecule has 0 bridgehead atoms. The van der Waals surface area contributed by atoms with Crippen molar-refractivity contribution in [3.8, 4) is 5.75 Å². The van der Waals surface area contributed by atoms with E-state index in [1.54, 1.807) is 6.07 Å². The number of esters is 1. The summed E-state index contributed by atoms with van der Waals surface area (Å²) in [5.74, 6) is 1.08. The van der Waals surface area contributed by atoms with Crippen LogP contribution >= 0.6 is 0 Å². The Bertz CT molecular complexity index is 1150. The van der Waals surface area contributed by atoms with Crippen molar-refractivity contribution in [1.29, 1.82) is 0 Å². The van der Waals surface area contributed by atoms with Gasteiger partial charge in [0, 0.05) is 43.6 Å². The van der Waals surface area contributed by atoms with Gasteiger partial charge in [0.1, 0.15) is 11.4 Å². The number of piperidine rings is 1. The molecule has 1 saturated heterocycles. The van der Waals surface area contributed by atoms with Gasteiger partial charge in [-0.25, -0.2) is 0 Å². The normalized spacial score (nSPS) is 27.5. The maximum atomic E-state index is 13.9. The summed E-state index contributed by atoms with van der Waals surface area (Å²) in [6, 6.07) is 17.1. The van der Waals surface area contributed by atoms with Gasteiger partial charge in [-0.15, -0.1) is 0 Å². The number of fused-ring (bicyclic) bond motifs is 1. The van der Waals surface area contributed by atoms with Crippen molar-refractivity contribution >= 4 is 11.9 Å². The first kappa shape index (κ1) is 26.7. The highest BCUT2D eigenvalue weighted by Gasteiger charge is 2.61. The van der Waals surface area contributed by atoms with E-state index in [-0.39, 0.29) is 23.7 Å². The minimum atomic E-state index is -0.699. The fraction of sp³-hybridized carbons (Fsp3) is 0.562. The molecule has 2 aromatic carbocycles. The molecule has 0 radical (unpaired) electrons. The number of amides is 1. The van der Waals surface area contributed by atoms with Gasteiger partial charge < -0.3 is 14.7 Å². The van der Waals surface area contributed by atoms with Crippen molar-refractivity contribution in [2.75, 3.05) is 26.2 Å². The molecule has 38 heavy (non-hydrogen) atoms. The molecule has 2 aromatic rings. The molecule has 3 fully saturated rings. The standard InChI is InChI=1S/C32H42N2O4/c1-23(2)20-34(30(37)26-8-5-4-6-9-26)28-14-15-32(38-24(3)35)22-33(21-25-12-13-25)17-16-31(32,19-28)27-10-7-11-29(36)18-27/h4-11,18,23,25,28,36H,12-17,19-22H2,1-3H3/t28-,31-,32-/m0/s1. The lowest BCUT2D eigenvalue weighted by Crippen LogP contribution is -2.69. The summed E-state index contributed by atoms with van der Waals surface area (Å²) in [5, 5.41) is 10.5. The average Bonchev–Trinajstić information content (AvgIpc) is 3.70. The summed E-state index contributed by atoms with van der Waals surface area (Å²) in [6.45, 7) is 9.15. The highest BCUT2D eigenvalue weighted by Crippen LogP contribution is 2.55. The summed E-state index contributed by atoms with van der Waals surface area (Å²) in [6.07, 6.45) is 5.54. The summed E-state index contributed by atoms with van der Waals surface area (Å²) < 4.78 is 6.40. The summed E-state index contributed by atoms with van der Waals surface area (Å²) in [4.78, 5) is 31.1. The number of carbonyl (C=O) groups excluding carboxylic acids is 2. The van der Waals surface area contributed by atoms with Gasteiger partial charge in [0.25, 0.3) is 5.91 Å². The third-order valence-corrected chi connectivity index (χ3v) is 8.91. The third-order valence-electron chi connectivity index (χ3n) is 8.91. The van der Waals surface area contributed by atoms with E-state index in [1.807, 2.05) is 42.5 Å². The molecule has 2 aliphatic carbocycles. The number of phenolic OH excluding ortho intramolecular Hbond substituents is 1. The second kappa shape index (κ2) is 10.7. The second-order valence-electron chi connectivity index (χ2n) is 12.3. The Balaban J connectivity index is 1.55. The molecule has 6 heteroatoms. The van der Waals surface area contributed by atoms with Crippen LogP contribution in [0.1, 0.15) is 75.2 Å². The van der Waals surface area contributed by atoms with Crippen molar-refractivity contribution < 1.29 is 19.4 Å². The first-order valence-electron chi connectivity index (χ1n) is 14.3. The Hall–Kier alpha value is -2.86. The molecule has 204 valence electrons. The molecule has 6 nitrogen and oxygen atoms in total. The lowest BCUT2D eigenvalue weighted by atomic mass is 9.54. The van der Waals surface area contributed by atoms with Crippen molar-refractivity contribution in [1.82, 2.24) is 9.80 Å². The largest absolute Gasteiger partial charge is 0.508 e. The maximum Gasteiger partial charge on any atom is 0.303 e. The molecule has 1 amide bonds. The Morgan fingerprint density at radius 3 is 2.50 bits per heavy atom. The van der Waals surface area contributed by atoms with Crippen LogP contribution in [0, 0.1) is 11.8 Å². The van der Waals surface area contributed by atoms with Gasteiger partial charge in [-0.05, 0) is 86.7 Å². The Kier molecular flexibility index (Phi) is 7.54. The number of rotatable bonds is 8. The monoisotopic (exact) mass is 518 g/mol. The predicted octanol–water partition coefficient (Wildman–Crippen LogP) is 5.40. The number of carbonyl (C=O) groups is 2. The molecule has 0 unspecified atom stereocenters. The second-order valence-corrected chi connectivity index (χ2v) is 12.3. The highest BCUT2D eigenvalue weighted by molar-refractivity contribution is 5.94. The molecule has 0 spiro atoms. The lowest BCUT2D eigenvalue weighted by Gasteiger charge is -2.60. The zero-order valence-electron chi connectivity index (χ0n) is 23.1. The van der Waals surface area contributed by atoms with Gasteiger partial charge in [0.15, 0.2) is 0 Å². The molecule has 0 aromatic heterocycles. The van der Waals surface area contributed by atoms with Gasteiger partial charge >= 0.3 is 5.97 Å². The van der Waals surface area contributed by atoms with Crippen LogP contribution in [0.5, 0.6) is 5.75 Å². The minimum Gasteiger partial charge on any atom is -0.508 e. The quantitative estimate of drug-likeness (QED) is 0.474. The number of aromatic hydroxyl groups is 1. The summed E-state index contributed by atoms with van der Waals surface area (Å²) >= 11 is 0. The highest BCUT2D eigenvalue weighted by atomic mass is 16.6. The van der Waals surface area contributed by atoms with Crippen LogP contribution in [0.2, 0.25) is 0 Å². The number of hydrogen-bond donors (Lipinski definition) is 1. The van der Waals surface area contributed by atoms with Crippen LogP contribution in [0.25, 0.3) is 0 Å². The van der Waals surface area contributed by atoms with Gasteiger partial charge in [0.05, 0.1) is 0 Å². The van der Waals surface area contributed by atoms with Crippen molar-refractivity contribution in [2.45, 2.75) is 76.4 Å². The van der Waals surface area contributed by atoms with E-state index >= 15 is 0 Å². The lowest BCUT2D eigenvalue weighted by molar-refractivity contribution is -0.189. The van der Waals surface area contributed by atoms with Crippen molar-refractivity contribution in [3.05, 3.63) is 65.7 Å². The van der Waals surface area contributed by atoms with Gasteiger partial charge in [-0.1, -0.05) is 44.2 Å². The van der Waals surface area contributed by atoms with E-state index in [0.717, 1.165) is 37.4 Å². The first-order valence-corrected chi connectivity index (χ1v) is 14.3. The predicted molar refractivity (Wildman–Crippen MR) is 148 cm³/mol. The number of nitrogens with zero attached hydrogens (tertiary/aromatic N) is 2. The molecule has 1 aliphatic heterocycles. The van der Waals surface area contributed by atoms with Crippen LogP contribution < -0.4 is 0 Å². The van der Waals surface area contributed by atoms with E-state index in [9.17, 15) is 14.7 Å². The van der Waals surface area contributed by atoms with E-state index in [0.29, 0.717) is 37.4 Å². The van der Waals surface area contributed by atoms with E-state index in [1.165, 1.54) is 19.8 Å². The van der Waals surface area contributed by atoms with Gasteiger partial charge in [0.2, 0.25) is 0 Å². The fourth-order valence-electron chi connectivity index (χ4n) is 7.09. The zero-order chi connectivity index (χ0) is 26.9. The molecule has 2 saturated carbocycles. The van der Waals surface area contributed by atoms with Crippen LogP contribution in [-0.2, 0) is 14.9 Å². The Labute approximate surface area is 227 Å². The minimum absolute atomic E-state index is 0.00567.